The van der Waals surface area contributed by atoms with Crippen molar-refractivity contribution >= 4 is 50.5 Å². The lowest BCUT2D eigenvalue weighted by atomic mass is 10.1. The van der Waals surface area contributed by atoms with Crippen LogP contribution in [0.4, 0.5) is 15.8 Å². The van der Waals surface area contributed by atoms with Gasteiger partial charge in [0.05, 0.1) is 21.2 Å². The Balaban J connectivity index is 1.68. The van der Waals surface area contributed by atoms with Crippen LogP contribution >= 0.6 is 23.2 Å². The van der Waals surface area contributed by atoms with Crippen LogP contribution in [0.5, 0.6) is 0 Å². The summed E-state index contributed by atoms with van der Waals surface area (Å²) in [5, 5.41) is 2.88. The zero-order valence-electron chi connectivity index (χ0n) is 16.1. The highest BCUT2D eigenvalue weighted by atomic mass is 35.5. The first kappa shape index (κ1) is 21.6. The largest absolute Gasteiger partial charge is 0.322 e. The highest BCUT2D eigenvalue weighted by Crippen LogP contribution is 2.35. The number of sulfonamides is 1. The Morgan fingerprint density at radius 3 is 2.55 bits per heavy atom. The second-order valence-electron chi connectivity index (χ2n) is 6.86. The second kappa shape index (κ2) is 8.12. The Morgan fingerprint density at radius 1 is 1.10 bits per heavy atom. The van der Waals surface area contributed by atoms with Gasteiger partial charge in [0.15, 0.2) is 0 Å². The molecule has 10 heteroatoms. The zero-order valence-corrected chi connectivity index (χ0v) is 18.4. The number of fused-ring (bicyclic) bond motifs is 1. The number of hydrazine groups is 1. The Bertz CT molecular complexity index is 1290. The van der Waals surface area contributed by atoms with Gasteiger partial charge in [-0.3, -0.25) is 4.79 Å². The van der Waals surface area contributed by atoms with E-state index >= 15 is 0 Å². The van der Waals surface area contributed by atoms with E-state index in [0.717, 1.165) is 10.5 Å². The first-order chi connectivity index (χ1) is 14.7. The van der Waals surface area contributed by atoms with Crippen molar-refractivity contribution in [2.45, 2.75) is 18.4 Å². The van der Waals surface area contributed by atoms with E-state index in [1.165, 1.54) is 24.3 Å². The van der Waals surface area contributed by atoms with Crippen molar-refractivity contribution in [3.8, 4) is 0 Å². The van der Waals surface area contributed by atoms with E-state index in [1.54, 1.807) is 31.2 Å². The molecule has 0 saturated heterocycles. The molecule has 1 aliphatic rings. The fourth-order valence-electron chi connectivity index (χ4n) is 3.31. The number of amides is 1. The van der Waals surface area contributed by atoms with E-state index in [1.807, 2.05) is 0 Å². The van der Waals surface area contributed by atoms with E-state index in [4.69, 9.17) is 23.2 Å². The third-order valence-electron chi connectivity index (χ3n) is 4.90. The molecular weight excluding hydrogens is 464 g/mol. The predicted octanol–water partition coefficient (Wildman–Crippen LogP) is 4.91. The number of hydrogen-bond acceptors (Lipinski definition) is 4. The molecule has 0 atom stereocenters. The average Bonchev–Trinajstić information content (AvgIpc) is 3.14. The summed E-state index contributed by atoms with van der Waals surface area (Å²) in [6.45, 7) is 1.91. The molecule has 0 aliphatic carbocycles. The predicted molar refractivity (Wildman–Crippen MR) is 118 cm³/mol. The Kier molecular flexibility index (Phi) is 5.65. The number of carbonyl (C=O) groups is 1. The summed E-state index contributed by atoms with van der Waals surface area (Å²) in [4.78, 5) is 12.6. The van der Waals surface area contributed by atoms with Gasteiger partial charge in [-0.05, 0) is 54.4 Å². The summed E-state index contributed by atoms with van der Waals surface area (Å²) in [7, 11) is -3.97. The number of halogens is 3. The highest BCUT2D eigenvalue weighted by Gasteiger charge is 2.33. The minimum atomic E-state index is -3.97. The van der Waals surface area contributed by atoms with Crippen LogP contribution in [-0.2, 0) is 16.6 Å². The topological polar surface area (TPSA) is 78.5 Å². The number of rotatable bonds is 4. The maximum Gasteiger partial charge on any atom is 0.278 e. The molecule has 1 aliphatic heterocycles. The molecule has 2 N–H and O–H groups in total. The van der Waals surface area contributed by atoms with Gasteiger partial charge in [-0.25, -0.2) is 9.82 Å². The number of hydrogen-bond donors (Lipinski definition) is 2. The van der Waals surface area contributed by atoms with Gasteiger partial charge in [0.25, 0.3) is 15.9 Å². The van der Waals surface area contributed by atoms with Gasteiger partial charge in [-0.15, -0.1) is 0 Å². The monoisotopic (exact) mass is 479 g/mol. The summed E-state index contributed by atoms with van der Waals surface area (Å²) in [5.74, 6) is -1.50. The van der Waals surface area contributed by atoms with Gasteiger partial charge in [0, 0.05) is 17.3 Å². The Hall–Kier alpha value is -2.65. The summed E-state index contributed by atoms with van der Waals surface area (Å²) < 4.78 is 41.6. The molecule has 0 saturated carbocycles. The number of benzene rings is 3. The molecule has 1 amide bonds. The van der Waals surface area contributed by atoms with Crippen LogP contribution in [-0.4, -0.2) is 14.3 Å². The standard InChI is InChI=1S/C21H16Cl2FN3O3S/c1-12-15(22)4-3-7-19(12)31(29,30)27-18-10-14(9-8-13(18)11-25-27)26-21(28)20-16(23)5-2-6-17(20)24/h2-10,25H,11H2,1H3,(H,26,28). The molecule has 0 aromatic heterocycles. The van der Waals surface area contributed by atoms with Gasteiger partial charge in [0.2, 0.25) is 0 Å². The minimum Gasteiger partial charge on any atom is -0.322 e. The van der Waals surface area contributed by atoms with Gasteiger partial charge in [0.1, 0.15) is 5.82 Å². The van der Waals surface area contributed by atoms with Crippen molar-refractivity contribution in [3.63, 3.8) is 0 Å². The summed E-state index contributed by atoms with van der Waals surface area (Å²) >= 11 is 12.1. The van der Waals surface area contributed by atoms with Crippen LogP contribution < -0.4 is 15.2 Å². The van der Waals surface area contributed by atoms with Crippen LogP contribution in [0.15, 0.2) is 59.5 Å². The fraction of sp³-hybridized carbons (Fsp3) is 0.0952. The molecular formula is C21H16Cl2FN3O3S. The average molecular weight is 480 g/mol. The second-order valence-corrected chi connectivity index (χ2v) is 9.43. The van der Waals surface area contributed by atoms with Crippen molar-refractivity contribution in [1.82, 2.24) is 5.43 Å². The molecule has 0 radical (unpaired) electrons. The maximum atomic E-state index is 14.0. The lowest BCUT2D eigenvalue weighted by molar-refractivity contribution is 0.102. The molecule has 6 nitrogen and oxygen atoms in total. The third-order valence-corrected chi connectivity index (χ3v) is 7.43. The van der Waals surface area contributed by atoms with Crippen molar-refractivity contribution in [2.75, 3.05) is 9.73 Å². The summed E-state index contributed by atoms with van der Waals surface area (Å²) in [5.41, 5.74) is 4.33. The molecule has 0 fully saturated rings. The molecule has 0 unspecified atom stereocenters. The van der Waals surface area contributed by atoms with Crippen molar-refractivity contribution in [3.05, 3.63) is 87.2 Å². The van der Waals surface area contributed by atoms with Crippen molar-refractivity contribution in [1.29, 1.82) is 0 Å². The van der Waals surface area contributed by atoms with Gasteiger partial charge < -0.3 is 5.32 Å². The fourth-order valence-corrected chi connectivity index (χ4v) is 5.40. The Labute approximate surface area is 188 Å². The zero-order chi connectivity index (χ0) is 22.3. The summed E-state index contributed by atoms with van der Waals surface area (Å²) in [6, 6.07) is 13.4. The van der Waals surface area contributed by atoms with Gasteiger partial charge >= 0.3 is 0 Å². The molecule has 1 heterocycles. The lowest BCUT2D eigenvalue weighted by Gasteiger charge is -2.21. The Morgan fingerprint density at radius 2 is 1.81 bits per heavy atom. The van der Waals surface area contributed by atoms with Crippen LogP contribution in [0.1, 0.15) is 21.5 Å². The first-order valence-electron chi connectivity index (χ1n) is 9.12. The molecule has 3 aromatic rings. The SMILES string of the molecule is Cc1c(Cl)cccc1S(=O)(=O)N1NCc2ccc(NC(=O)c3c(F)cccc3Cl)cc21. The van der Waals surface area contributed by atoms with E-state index in [9.17, 15) is 17.6 Å². The molecule has 0 spiro atoms. The number of anilines is 2. The van der Waals surface area contributed by atoms with Crippen LogP contribution in [0, 0.1) is 12.7 Å². The molecule has 0 bridgehead atoms. The normalized spacial score (nSPS) is 13.2. The number of nitrogens with one attached hydrogen (secondary N) is 2. The van der Waals surface area contributed by atoms with Crippen LogP contribution in [0.3, 0.4) is 0 Å². The highest BCUT2D eigenvalue weighted by molar-refractivity contribution is 7.92. The minimum absolute atomic E-state index is 0.0269. The maximum absolute atomic E-state index is 14.0. The first-order valence-corrected chi connectivity index (χ1v) is 11.3. The molecule has 31 heavy (non-hydrogen) atoms. The van der Waals surface area contributed by atoms with E-state index < -0.39 is 21.7 Å². The molecule has 3 aromatic carbocycles. The third kappa shape index (κ3) is 3.87. The summed E-state index contributed by atoms with van der Waals surface area (Å²) in [6.07, 6.45) is 0. The van der Waals surface area contributed by atoms with Crippen LogP contribution in [0.2, 0.25) is 10.0 Å². The van der Waals surface area contributed by atoms with E-state index in [2.05, 4.69) is 10.7 Å². The quantitative estimate of drug-likeness (QED) is 0.557. The van der Waals surface area contributed by atoms with Crippen molar-refractivity contribution in [2.24, 2.45) is 0 Å². The van der Waals surface area contributed by atoms with Crippen LogP contribution in [0.25, 0.3) is 0 Å². The molecule has 160 valence electrons. The van der Waals surface area contributed by atoms with E-state index in [-0.39, 0.29) is 27.7 Å². The lowest BCUT2D eigenvalue weighted by Crippen LogP contribution is -2.38. The smallest absolute Gasteiger partial charge is 0.278 e. The van der Waals surface area contributed by atoms with E-state index in [0.29, 0.717) is 21.8 Å². The van der Waals surface area contributed by atoms with Gasteiger partial charge in [-0.1, -0.05) is 41.4 Å². The van der Waals surface area contributed by atoms with Crippen molar-refractivity contribution < 1.29 is 17.6 Å². The number of carbonyl (C=O) groups excluding carboxylic acids is 1. The molecule has 4 rings (SSSR count). The number of nitrogens with zero attached hydrogens (tertiary/aromatic N) is 1. The van der Waals surface area contributed by atoms with Gasteiger partial charge in [-0.2, -0.15) is 12.8 Å².